The molecule has 0 heterocycles. The highest BCUT2D eigenvalue weighted by molar-refractivity contribution is 6.25. The third-order valence-corrected chi connectivity index (χ3v) is 4.20. The van der Waals surface area contributed by atoms with Crippen LogP contribution in [0.5, 0.6) is 0 Å². The van der Waals surface area contributed by atoms with E-state index in [0.717, 1.165) is 11.3 Å². The Morgan fingerprint density at radius 3 is 2.03 bits per heavy atom. The van der Waals surface area contributed by atoms with Crippen molar-refractivity contribution in [2.45, 2.75) is 6.92 Å². The van der Waals surface area contributed by atoms with Gasteiger partial charge in [0.05, 0.1) is 22.8 Å². The average Bonchev–Trinajstić information content (AvgIpc) is 2.75. The fourth-order valence-electron chi connectivity index (χ4n) is 2.87. The van der Waals surface area contributed by atoms with Crippen LogP contribution in [0.3, 0.4) is 0 Å². The molecule has 3 rings (SSSR count). The fraction of sp³-hybridized carbons (Fsp3) is 0.0870. The number of nitrogens with zero attached hydrogens (tertiary/aromatic N) is 1. The molecule has 29 heavy (non-hydrogen) atoms. The summed E-state index contributed by atoms with van der Waals surface area (Å²) in [6.45, 7) is 1.95. The first kappa shape index (κ1) is 19.8. The number of ether oxygens (including phenoxy) is 1. The van der Waals surface area contributed by atoms with Crippen LogP contribution in [0.15, 0.2) is 84.9 Å². The molecule has 0 spiro atoms. The second-order valence-corrected chi connectivity index (χ2v) is 6.13. The van der Waals surface area contributed by atoms with E-state index in [-0.39, 0.29) is 12.3 Å². The number of hydrogen-bond donors (Lipinski definition) is 1. The highest BCUT2D eigenvalue weighted by Gasteiger charge is 2.21. The molecule has 1 N–H and O–H groups in total. The molecule has 0 fully saturated rings. The molecule has 0 aliphatic carbocycles. The summed E-state index contributed by atoms with van der Waals surface area (Å²) < 4.78 is 5.31. The minimum atomic E-state index is -0.511. The van der Waals surface area contributed by atoms with E-state index in [4.69, 9.17) is 4.74 Å². The van der Waals surface area contributed by atoms with Gasteiger partial charge in [-0.2, -0.15) is 0 Å². The van der Waals surface area contributed by atoms with Gasteiger partial charge in [-0.1, -0.05) is 48.5 Å². The van der Waals surface area contributed by atoms with Crippen LogP contribution in [0.2, 0.25) is 0 Å². The van der Waals surface area contributed by atoms with Gasteiger partial charge in [-0.05, 0) is 42.3 Å². The first-order valence-electron chi connectivity index (χ1n) is 9.14. The highest BCUT2D eigenvalue weighted by Crippen LogP contribution is 2.30. The summed E-state index contributed by atoms with van der Waals surface area (Å²) in [6.07, 6.45) is 0. The first-order valence-corrected chi connectivity index (χ1v) is 9.14. The molecule has 0 unspecified atom stereocenters. The number of rotatable bonds is 7. The summed E-state index contributed by atoms with van der Waals surface area (Å²) in [7, 11) is 0. The maximum atomic E-state index is 12.9. The quantitative estimate of drug-likeness (QED) is 0.199. The number of anilines is 1. The number of non-ortho nitro benzene ring substituents is 1. The van der Waals surface area contributed by atoms with Gasteiger partial charge in [0.2, 0.25) is 0 Å². The summed E-state index contributed by atoms with van der Waals surface area (Å²) in [5.41, 5.74) is 2.93. The average molecular weight is 388 g/mol. The molecule has 3 aromatic carbocycles. The van der Waals surface area contributed by atoms with Crippen molar-refractivity contribution in [2.75, 3.05) is 11.9 Å². The molecule has 0 radical (unpaired) electrons. The highest BCUT2D eigenvalue weighted by atomic mass is 16.6. The van der Waals surface area contributed by atoms with Crippen molar-refractivity contribution >= 4 is 28.6 Å². The largest absolute Gasteiger partial charge is 0.462 e. The number of nitro groups is 1. The van der Waals surface area contributed by atoms with Crippen LogP contribution in [0.1, 0.15) is 18.1 Å². The van der Waals surface area contributed by atoms with Crippen molar-refractivity contribution in [3.05, 3.63) is 106 Å². The minimum absolute atomic E-state index is 0.0470. The van der Waals surface area contributed by atoms with E-state index in [1.807, 2.05) is 60.7 Å². The van der Waals surface area contributed by atoms with Crippen molar-refractivity contribution in [2.24, 2.45) is 0 Å². The Labute approximate surface area is 168 Å². The summed E-state index contributed by atoms with van der Waals surface area (Å²) in [5, 5.41) is 14.3. The van der Waals surface area contributed by atoms with Crippen molar-refractivity contribution in [1.82, 2.24) is 0 Å². The molecule has 146 valence electrons. The Hall–Kier alpha value is -3.93. The van der Waals surface area contributed by atoms with Gasteiger partial charge in [0.1, 0.15) is 0 Å². The van der Waals surface area contributed by atoms with Crippen LogP contribution in [-0.2, 0) is 9.53 Å². The summed E-state index contributed by atoms with van der Waals surface area (Å²) in [4.78, 5) is 23.4. The molecular formula is C23H20N2O4. The van der Waals surface area contributed by atoms with Gasteiger partial charge in [-0.25, -0.2) is 4.79 Å². The molecule has 0 aromatic heterocycles. The maximum Gasteiger partial charge on any atom is 0.340 e. The smallest absolute Gasteiger partial charge is 0.340 e. The number of carbonyl (C=O) groups is 1. The van der Waals surface area contributed by atoms with E-state index >= 15 is 0 Å². The van der Waals surface area contributed by atoms with E-state index in [1.165, 1.54) is 12.1 Å². The number of nitrogens with one attached hydrogen (secondary N) is 1. The standard InChI is InChI=1S/C23H20N2O4/c1-2-29-23(26)21(17-13-15-20(16-14-17)25(27)28)22(18-9-5-3-6-10-18)24-19-11-7-4-8-12-19/h3-16,24H,2H2,1H3/b22-21-. The van der Waals surface area contributed by atoms with Gasteiger partial charge < -0.3 is 10.1 Å². The molecule has 0 aliphatic rings. The molecule has 0 aliphatic heterocycles. The lowest BCUT2D eigenvalue weighted by Crippen LogP contribution is -2.13. The van der Waals surface area contributed by atoms with E-state index in [2.05, 4.69) is 5.32 Å². The number of nitro benzene ring substituents is 1. The van der Waals surface area contributed by atoms with Gasteiger partial charge in [-0.15, -0.1) is 0 Å². The van der Waals surface area contributed by atoms with E-state index in [0.29, 0.717) is 16.8 Å². The Morgan fingerprint density at radius 1 is 0.897 bits per heavy atom. The van der Waals surface area contributed by atoms with Crippen LogP contribution in [0, 0.1) is 10.1 Å². The zero-order valence-electron chi connectivity index (χ0n) is 15.9. The van der Waals surface area contributed by atoms with Crippen LogP contribution in [-0.4, -0.2) is 17.5 Å². The van der Waals surface area contributed by atoms with Gasteiger partial charge >= 0.3 is 5.97 Å². The Bertz CT molecular complexity index is 1010. The lowest BCUT2D eigenvalue weighted by molar-refractivity contribution is -0.384. The minimum Gasteiger partial charge on any atom is -0.462 e. The first-order chi connectivity index (χ1) is 14.1. The van der Waals surface area contributed by atoms with E-state index in [1.54, 1.807) is 19.1 Å². The molecule has 0 atom stereocenters. The van der Waals surface area contributed by atoms with Crippen molar-refractivity contribution in [3.8, 4) is 0 Å². The predicted octanol–water partition coefficient (Wildman–Crippen LogP) is 5.14. The molecule has 0 saturated carbocycles. The number of benzene rings is 3. The number of carbonyl (C=O) groups excluding carboxylic acids is 1. The fourth-order valence-corrected chi connectivity index (χ4v) is 2.87. The lowest BCUT2D eigenvalue weighted by atomic mass is 9.98. The zero-order valence-corrected chi connectivity index (χ0v) is 15.9. The third kappa shape index (κ3) is 4.87. The lowest BCUT2D eigenvalue weighted by Gasteiger charge is -2.17. The van der Waals surface area contributed by atoms with Gasteiger partial charge in [0.15, 0.2) is 0 Å². The van der Waals surface area contributed by atoms with Crippen LogP contribution in [0.25, 0.3) is 11.3 Å². The van der Waals surface area contributed by atoms with Crippen molar-refractivity contribution in [3.63, 3.8) is 0 Å². The summed E-state index contributed by atoms with van der Waals surface area (Å²) in [6, 6.07) is 24.7. The van der Waals surface area contributed by atoms with Crippen molar-refractivity contribution < 1.29 is 14.5 Å². The summed E-state index contributed by atoms with van der Waals surface area (Å²) >= 11 is 0. The number of para-hydroxylation sites is 1. The second-order valence-electron chi connectivity index (χ2n) is 6.13. The molecule has 0 saturated heterocycles. The molecule has 0 bridgehead atoms. The van der Waals surface area contributed by atoms with Gasteiger partial charge in [-0.3, -0.25) is 10.1 Å². The van der Waals surface area contributed by atoms with Gasteiger partial charge in [0.25, 0.3) is 5.69 Å². The monoisotopic (exact) mass is 388 g/mol. The molecule has 6 nitrogen and oxygen atoms in total. The number of esters is 1. The molecule has 0 amide bonds. The SMILES string of the molecule is CCOC(=O)/C(=C(\Nc1ccccc1)c1ccccc1)c1ccc([N+](=O)[O-])cc1. The van der Waals surface area contributed by atoms with E-state index in [9.17, 15) is 14.9 Å². The number of hydrogen-bond acceptors (Lipinski definition) is 5. The Kier molecular flexibility index (Phi) is 6.37. The third-order valence-electron chi connectivity index (χ3n) is 4.20. The van der Waals surface area contributed by atoms with E-state index < -0.39 is 10.9 Å². The summed E-state index contributed by atoms with van der Waals surface area (Å²) in [5.74, 6) is -0.511. The predicted molar refractivity (Wildman–Crippen MR) is 113 cm³/mol. The Balaban J connectivity index is 2.20. The molecule has 3 aromatic rings. The molecule has 6 heteroatoms. The second kappa shape index (κ2) is 9.32. The zero-order chi connectivity index (χ0) is 20.6. The molecular weight excluding hydrogens is 368 g/mol. The van der Waals surface area contributed by atoms with Crippen LogP contribution in [0.4, 0.5) is 11.4 Å². The van der Waals surface area contributed by atoms with Crippen molar-refractivity contribution in [1.29, 1.82) is 0 Å². The van der Waals surface area contributed by atoms with Crippen LogP contribution >= 0.6 is 0 Å². The van der Waals surface area contributed by atoms with Gasteiger partial charge in [0, 0.05) is 17.8 Å². The normalized spacial score (nSPS) is 11.3. The van der Waals surface area contributed by atoms with Crippen LogP contribution < -0.4 is 5.32 Å². The topological polar surface area (TPSA) is 81.5 Å². The maximum absolute atomic E-state index is 12.9. The Morgan fingerprint density at radius 2 is 1.48 bits per heavy atom.